The Labute approximate surface area is 125 Å². The fourth-order valence-electron chi connectivity index (χ4n) is 1.56. The van der Waals surface area contributed by atoms with Gasteiger partial charge >= 0.3 is 5.97 Å². The van der Waals surface area contributed by atoms with Crippen molar-refractivity contribution in [1.29, 1.82) is 0 Å². The van der Waals surface area contributed by atoms with E-state index in [1.807, 2.05) is 0 Å². The van der Waals surface area contributed by atoms with Crippen molar-refractivity contribution in [2.75, 3.05) is 13.2 Å². The van der Waals surface area contributed by atoms with Crippen molar-refractivity contribution < 1.29 is 34.8 Å². The Bertz CT molecular complexity index is 479. The minimum atomic E-state index is -1.99. The van der Waals surface area contributed by atoms with Crippen LogP contribution >= 0.6 is 0 Å². The SMILES string of the molecule is N[C@@H](Cc1cnc[nH]1)C(=O)OCC(=O)[C@@H](O)[C@H](O)[C@H](O)CO. The van der Waals surface area contributed by atoms with Crippen LogP contribution < -0.4 is 5.73 Å². The Balaban J connectivity index is 2.40. The summed E-state index contributed by atoms with van der Waals surface area (Å²) in [4.78, 5) is 29.6. The van der Waals surface area contributed by atoms with E-state index >= 15 is 0 Å². The summed E-state index contributed by atoms with van der Waals surface area (Å²) in [7, 11) is 0. The van der Waals surface area contributed by atoms with Crippen molar-refractivity contribution in [3.63, 3.8) is 0 Å². The number of hydrogen-bond acceptors (Lipinski definition) is 9. The van der Waals surface area contributed by atoms with Gasteiger partial charge in [0, 0.05) is 18.3 Å². The number of H-pyrrole nitrogens is 1. The molecule has 1 aromatic heterocycles. The molecule has 1 aromatic rings. The molecule has 124 valence electrons. The monoisotopic (exact) mass is 317 g/mol. The second-order valence-corrected chi connectivity index (χ2v) is 4.65. The van der Waals surface area contributed by atoms with Gasteiger partial charge in [-0.3, -0.25) is 9.59 Å². The molecule has 0 aliphatic carbocycles. The van der Waals surface area contributed by atoms with Crippen molar-refractivity contribution >= 4 is 11.8 Å². The number of hydrogen-bond donors (Lipinski definition) is 6. The standard InChI is InChI=1S/C12H19N3O7/c13-7(1-6-2-14-5-15-6)12(21)22-4-9(18)11(20)10(19)8(17)3-16/h2,5,7-8,10-11,16-17,19-20H,1,3-4,13H2,(H,14,15)/t7-,8+,10+,11+/m0/s1. The van der Waals surface area contributed by atoms with Crippen LogP contribution in [-0.2, 0) is 20.7 Å². The van der Waals surface area contributed by atoms with Gasteiger partial charge in [-0.25, -0.2) is 4.98 Å². The van der Waals surface area contributed by atoms with Crippen LogP contribution in [0.25, 0.3) is 0 Å². The first-order valence-corrected chi connectivity index (χ1v) is 6.44. The lowest BCUT2D eigenvalue weighted by Gasteiger charge is -2.20. The highest BCUT2D eigenvalue weighted by atomic mass is 16.5. The molecule has 0 radical (unpaired) electrons. The molecule has 0 unspecified atom stereocenters. The first kappa shape index (κ1) is 18.2. The van der Waals surface area contributed by atoms with Crippen LogP contribution in [0.4, 0.5) is 0 Å². The number of carbonyl (C=O) groups is 2. The molecule has 0 bridgehead atoms. The van der Waals surface area contributed by atoms with Crippen molar-refractivity contribution in [2.24, 2.45) is 5.73 Å². The first-order chi connectivity index (χ1) is 10.4. The molecular weight excluding hydrogens is 298 g/mol. The number of aromatic nitrogens is 2. The van der Waals surface area contributed by atoms with Crippen molar-refractivity contribution in [3.8, 4) is 0 Å². The van der Waals surface area contributed by atoms with Gasteiger partial charge in [0.25, 0.3) is 0 Å². The third-order valence-electron chi connectivity index (χ3n) is 2.89. The number of aromatic amines is 1. The molecule has 0 amide bonds. The van der Waals surface area contributed by atoms with E-state index in [2.05, 4.69) is 14.7 Å². The predicted molar refractivity (Wildman–Crippen MR) is 71.3 cm³/mol. The van der Waals surface area contributed by atoms with Crippen molar-refractivity contribution in [2.45, 2.75) is 30.8 Å². The number of Topliss-reactive ketones (excluding diaryl/α,β-unsaturated/α-hetero) is 1. The summed E-state index contributed by atoms with van der Waals surface area (Å²) in [6, 6.07) is -1.03. The number of esters is 1. The molecule has 0 saturated carbocycles. The second kappa shape index (κ2) is 8.56. The molecular formula is C12H19N3O7. The summed E-state index contributed by atoms with van der Waals surface area (Å²) in [6.45, 7) is -1.65. The van der Waals surface area contributed by atoms with E-state index in [0.29, 0.717) is 5.69 Å². The van der Waals surface area contributed by atoms with E-state index in [9.17, 15) is 19.8 Å². The zero-order valence-electron chi connectivity index (χ0n) is 11.6. The number of nitrogens with one attached hydrogen (secondary N) is 1. The van der Waals surface area contributed by atoms with Gasteiger partial charge in [-0.05, 0) is 0 Å². The Kier molecular flexibility index (Phi) is 7.08. The highest BCUT2D eigenvalue weighted by molar-refractivity contribution is 5.87. The molecule has 0 aromatic carbocycles. The first-order valence-electron chi connectivity index (χ1n) is 6.44. The Hall–Kier alpha value is -1.85. The zero-order valence-corrected chi connectivity index (χ0v) is 11.6. The molecule has 0 aliphatic rings. The fraction of sp³-hybridized carbons (Fsp3) is 0.583. The molecule has 0 fully saturated rings. The van der Waals surface area contributed by atoms with Gasteiger partial charge in [-0.1, -0.05) is 0 Å². The maximum Gasteiger partial charge on any atom is 0.323 e. The Morgan fingerprint density at radius 1 is 1.36 bits per heavy atom. The fourth-order valence-corrected chi connectivity index (χ4v) is 1.56. The second-order valence-electron chi connectivity index (χ2n) is 4.65. The lowest BCUT2D eigenvalue weighted by molar-refractivity contribution is -0.156. The van der Waals surface area contributed by atoms with Gasteiger partial charge in [0.05, 0.1) is 12.9 Å². The van der Waals surface area contributed by atoms with Gasteiger partial charge in [-0.2, -0.15) is 0 Å². The van der Waals surface area contributed by atoms with E-state index < -0.39 is 49.3 Å². The highest BCUT2D eigenvalue weighted by Crippen LogP contribution is 2.03. The number of aliphatic hydroxyl groups excluding tert-OH is 4. The number of aliphatic hydroxyl groups is 4. The average molecular weight is 317 g/mol. The lowest BCUT2D eigenvalue weighted by atomic mass is 10.1. The van der Waals surface area contributed by atoms with E-state index in [1.54, 1.807) is 0 Å². The minimum absolute atomic E-state index is 0.126. The molecule has 0 aliphatic heterocycles. The van der Waals surface area contributed by atoms with Crippen LogP contribution in [0.5, 0.6) is 0 Å². The summed E-state index contributed by atoms with van der Waals surface area (Å²) >= 11 is 0. The number of carbonyl (C=O) groups excluding carboxylic acids is 2. The summed E-state index contributed by atoms with van der Waals surface area (Å²) in [5, 5.41) is 36.5. The summed E-state index contributed by atoms with van der Waals surface area (Å²) in [6.07, 6.45) is -2.53. The van der Waals surface area contributed by atoms with Gasteiger partial charge < -0.3 is 35.9 Å². The number of nitrogens with two attached hydrogens (primary N) is 1. The van der Waals surface area contributed by atoms with E-state index in [-0.39, 0.29) is 6.42 Å². The minimum Gasteiger partial charge on any atom is -0.456 e. The van der Waals surface area contributed by atoms with Crippen LogP contribution in [-0.4, -0.2) is 79.7 Å². The molecule has 1 rings (SSSR count). The molecule has 0 spiro atoms. The third kappa shape index (κ3) is 5.16. The Morgan fingerprint density at radius 3 is 2.59 bits per heavy atom. The molecule has 10 heteroatoms. The number of imidazole rings is 1. The summed E-state index contributed by atoms with van der Waals surface area (Å²) in [5.41, 5.74) is 6.19. The molecule has 1 heterocycles. The molecule has 7 N–H and O–H groups in total. The quantitative estimate of drug-likeness (QED) is 0.252. The van der Waals surface area contributed by atoms with Gasteiger partial charge in [0.2, 0.25) is 5.78 Å². The zero-order chi connectivity index (χ0) is 16.7. The largest absolute Gasteiger partial charge is 0.456 e. The van der Waals surface area contributed by atoms with Gasteiger partial charge in [0.15, 0.2) is 6.61 Å². The summed E-state index contributed by atoms with van der Waals surface area (Å²) in [5.74, 6) is -1.89. The van der Waals surface area contributed by atoms with Gasteiger partial charge in [0.1, 0.15) is 24.4 Å². The summed E-state index contributed by atoms with van der Waals surface area (Å²) < 4.78 is 4.64. The van der Waals surface area contributed by atoms with Crippen LogP contribution in [0.15, 0.2) is 12.5 Å². The third-order valence-corrected chi connectivity index (χ3v) is 2.89. The number of ketones is 1. The normalized spacial score (nSPS) is 16.6. The number of ether oxygens (including phenoxy) is 1. The molecule has 22 heavy (non-hydrogen) atoms. The number of rotatable bonds is 9. The Morgan fingerprint density at radius 2 is 2.05 bits per heavy atom. The maximum atomic E-state index is 11.6. The van der Waals surface area contributed by atoms with E-state index in [4.69, 9.17) is 15.9 Å². The maximum absolute atomic E-state index is 11.6. The van der Waals surface area contributed by atoms with Crippen LogP contribution in [0.1, 0.15) is 5.69 Å². The molecule has 4 atom stereocenters. The lowest BCUT2D eigenvalue weighted by Crippen LogP contribution is -2.45. The number of nitrogens with zero attached hydrogens (tertiary/aromatic N) is 1. The average Bonchev–Trinajstić information content (AvgIpc) is 3.02. The van der Waals surface area contributed by atoms with Crippen LogP contribution in [0.2, 0.25) is 0 Å². The smallest absolute Gasteiger partial charge is 0.323 e. The predicted octanol–water partition coefficient (Wildman–Crippen LogP) is -3.53. The van der Waals surface area contributed by atoms with Crippen LogP contribution in [0.3, 0.4) is 0 Å². The topological polar surface area (TPSA) is 179 Å². The van der Waals surface area contributed by atoms with Crippen molar-refractivity contribution in [1.82, 2.24) is 9.97 Å². The van der Waals surface area contributed by atoms with E-state index in [1.165, 1.54) is 12.5 Å². The highest BCUT2D eigenvalue weighted by Gasteiger charge is 2.30. The van der Waals surface area contributed by atoms with E-state index in [0.717, 1.165) is 0 Å². The van der Waals surface area contributed by atoms with Crippen LogP contribution in [0, 0.1) is 0 Å². The van der Waals surface area contributed by atoms with Crippen molar-refractivity contribution in [3.05, 3.63) is 18.2 Å². The molecule has 10 nitrogen and oxygen atoms in total. The molecule has 0 saturated heterocycles. The van der Waals surface area contributed by atoms with Gasteiger partial charge in [-0.15, -0.1) is 0 Å².